The minimum atomic E-state index is -1.79. The molecule has 2 aliphatic rings. The first-order valence-corrected chi connectivity index (χ1v) is 8.98. The second-order valence-corrected chi connectivity index (χ2v) is 6.99. The number of hydrogen-bond donors (Lipinski definition) is 8. The highest BCUT2D eigenvalue weighted by atomic mass is 16.8. The fourth-order valence-electron chi connectivity index (χ4n) is 3.15. The maximum absolute atomic E-state index is 10.7. The van der Waals surface area contributed by atoms with Crippen molar-refractivity contribution < 1.29 is 59.9 Å². The molecule has 11 unspecified atom stereocenters. The van der Waals surface area contributed by atoms with Gasteiger partial charge in [-0.1, -0.05) is 0 Å². The standard InChI is InChI=1S/C15H28NO13/c1-5(2-16(24)25)26-15-12(23)13(9(20)7(4-18)28-15)29-14-11(22)10(21)8(19)6(3-17)27-14/h5-15,17-24H,2-4H2,1H3/q-1. The summed E-state index contributed by atoms with van der Waals surface area (Å²) in [6.45, 7) is -0.510. The molecule has 0 amide bonds. The fraction of sp³-hybridized carbons (Fsp3) is 1.00. The Morgan fingerprint density at radius 3 is 1.97 bits per heavy atom. The summed E-state index contributed by atoms with van der Waals surface area (Å²) in [7, 11) is 0. The third-order valence-corrected chi connectivity index (χ3v) is 4.74. The number of aliphatic hydroxyl groups excluding tert-OH is 7. The Morgan fingerprint density at radius 1 is 0.862 bits per heavy atom. The molecule has 2 rings (SSSR count). The van der Waals surface area contributed by atoms with Crippen LogP contribution in [0.5, 0.6) is 0 Å². The zero-order valence-corrected chi connectivity index (χ0v) is 15.5. The molecule has 14 nitrogen and oxygen atoms in total. The van der Waals surface area contributed by atoms with Crippen molar-refractivity contribution in [2.75, 3.05) is 19.8 Å². The lowest BCUT2D eigenvalue weighted by Gasteiger charge is -2.46. The van der Waals surface area contributed by atoms with Gasteiger partial charge < -0.3 is 65.1 Å². The van der Waals surface area contributed by atoms with E-state index in [1.54, 1.807) is 0 Å². The van der Waals surface area contributed by atoms with Gasteiger partial charge in [-0.25, -0.2) is 0 Å². The van der Waals surface area contributed by atoms with Crippen LogP contribution >= 0.6 is 0 Å². The topological polar surface area (TPSA) is 225 Å². The van der Waals surface area contributed by atoms with Crippen molar-refractivity contribution in [3.05, 3.63) is 5.21 Å². The predicted molar refractivity (Wildman–Crippen MR) is 88.8 cm³/mol. The largest absolute Gasteiger partial charge is 0.762 e. The Balaban J connectivity index is 2.13. The summed E-state index contributed by atoms with van der Waals surface area (Å²) in [6.07, 6.45) is -16.7. The lowest BCUT2D eigenvalue weighted by molar-refractivity contribution is -0.363. The van der Waals surface area contributed by atoms with E-state index in [1.807, 2.05) is 0 Å². The third kappa shape index (κ3) is 5.78. The van der Waals surface area contributed by atoms with Gasteiger partial charge in [-0.2, -0.15) is 0 Å². The quantitative estimate of drug-likeness (QED) is 0.169. The minimum absolute atomic E-state index is 0.389. The van der Waals surface area contributed by atoms with Crippen molar-refractivity contribution in [1.29, 1.82) is 0 Å². The van der Waals surface area contributed by atoms with Gasteiger partial charge in [0.1, 0.15) is 48.8 Å². The molecule has 0 radical (unpaired) electrons. The number of hydrogen-bond acceptors (Lipinski definition) is 14. The first-order chi connectivity index (χ1) is 13.6. The lowest BCUT2D eigenvalue weighted by atomic mass is 9.97. The van der Waals surface area contributed by atoms with Crippen LogP contribution in [-0.4, -0.2) is 133 Å². The Morgan fingerprint density at radius 2 is 1.41 bits per heavy atom. The highest BCUT2D eigenvalue weighted by Crippen LogP contribution is 2.29. The van der Waals surface area contributed by atoms with Gasteiger partial charge in [0.05, 0.1) is 19.3 Å². The molecule has 14 heteroatoms. The van der Waals surface area contributed by atoms with Gasteiger partial charge in [-0.05, 0) is 6.92 Å². The van der Waals surface area contributed by atoms with E-state index in [4.69, 9.17) is 24.2 Å². The van der Waals surface area contributed by atoms with Crippen LogP contribution in [0.2, 0.25) is 0 Å². The Hall–Kier alpha value is -0.560. The number of ether oxygens (including phenoxy) is 4. The van der Waals surface area contributed by atoms with Crippen LogP contribution in [0.25, 0.3) is 0 Å². The van der Waals surface area contributed by atoms with Crippen molar-refractivity contribution in [2.24, 2.45) is 0 Å². The molecule has 2 heterocycles. The zero-order chi connectivity index (χ0) is 21.9. The predicted octanol–water partition coefficient (Wildman–Crippen LogP) is -4.80. The summed E-state index contributed by atoms with van der Waals surface area (Å²) < 4.78 is 21.2. The first-order valence-electron chi connectivity index (χ1n) is 8.98. The molecular weight excluding hydrogens is 402 g/mol. The van der Waals surface area contributed by atoms with E-state index >= 15 is 0 Å². The average Bonchev–Trinajstić information content (AvgIpc) is 2.66. The number of rotatable bonds is 8. The van der Waals surface area contributed by atoms with E-state index in [0.717, 1.165) is 0 Å². The van der Waals surface area contributed by atoms with Crippen LogP contribution in [0.4, 0.5) is 0 Å². The van der Waals surface area contributed by atoms with E-state index in [2.05, 4.69) is 0 Å². The summed E-state index contributed by atoms with van der Waals surface area (Å²) in [6, 6.07) is 0. The van der Waals surface area contributed by atoms with E-state index in [-0.39, 0.29) is 5.23 Å². The van der Waals surface area contributed by atoms with Gasteiger partial charge in [0.25, 0.3) is 0 Å². The van der Waals surface area contributed by atoms with Crippen LogP contribution in [0, 0.1) is 5.21 Å². The molecule has 29 heavy (non-hydrogen) atoms. The molecule has 172 valence electrons. The van der Waals surface area contributed by atoms with E-state index in [9.17, 15) is 41.0 Å². The highest BCUT2D eigenvalue weighted by Gasteiger charge is 2.51. The number of nitrogens with zero attached hydrogens (tertiary/aromatic N) is 1. The Labute approximate surface area is 165 Å². The van der Waals surface area contributed by atoms with Gasteiger partial charge in [0, 0.05) is 6.54 Å². The molecule has 0 bridgehead atoms. The molecular formula is C15H28NO13-. The second-order valence-electron chi connectivity index (χ2n) is 6.99. The van der Waals surface area contributed by atoms with Crippen molar-refractivity contribution in [3.63, 3.8) is 0 Å². The van der Waals surface area contributed by atoms with Gasteiger partial charge in [0.15, 0.2) is 12.6 Å². The minimum Gasteiger partial charge on any atom is -0.762 e. The molecule has 0 aromatic carbocycles. The monoisotopic (exact) mass is 430 g/mol. The molecule has 8 N–H and O–H groups in total. The molecule has 0 aromatic rings. The van der Waals surface area contributed by atoms with Crippen molar-refractivity contribution in [3.8, 4) is 0 Å². The Kier molecular flexibility index (Phi) is 9.07. The van der Waals surface area contributed by atoms with Crippen LogP contribution < -0.4 is 0 Å². The molecule has 0 saturated carbocycles. The third-order valence-electron chi connectivity index (χ3n) is 4.74. The Bertz CT molecular complexity index is 497. The molecule has 2 fully saturated rings. The summed E-state index contributed by atoms with van der Waals surface area (Å²) in [5.41, 5.74) is 0. The molecule has 0 aromatic heterocycles. The number of aliphatic hydroxyl groups is 7. The molecule has 11 atom stereocenters. The summed E-state index contributed by atoms with van der Waals surface area (Å²) in [5, 5.41) is 88.2. The summed E-state index contributed by atoms with van der Waals surface area (Å²) >= 11 is 0. The molecule has 2 aliphatic heterocycles. The fourth-order valence-corrected chi connectivity index (χ4v) is 3.15. The van der Waals surface area contributed by atoms with E-state index in [1.165, 1.54) is 6.92 Å². The van der Waals surface area contributed by atoms with Gasteiger partial charge in [-0.15, -0.1) is 0 Å². The van der Waals surface area contributed by atoms with E-state index < -0.39 is 87.3 Å². The molecule has 0 spiro atoms. The van der Waals surface area contributed by atoms with Crippen LogP contribution in [0.1, 0.15) is 6.92 Å². The van der Waals surface area contributed by atoms with Crippen molar-refractivity contribution >= 4 is 0 Å². The van der Waals surface area contributed by atoms with E-state index in [0.29, 0.717) is 0 Å². The number of hydroxylamine groups is 2. The van der Waals surface area contributed by atoms with Gasteiger partial charge in [0.2, 0.25) is 0 Å². The molecule has 2 saturated heterocycles. The summed E-state index contributed by atoms with van der Waals surface area (Å²) in [4.78, 5) is 0. The van der Waals surface area contributed by atoms with Gasteiger partial charge >= 0.3 is 0 Å². The van der Waals surface area contributed by atoms with Crippen LogP contribution in [-0.2, 0) is 18.9 Å². The highest BCUT2D eigenvalue weighted by molar-refractivity contribution is 4.94. The summed E-state index contributed by atoms with van der Waals surface area (Å²) in [5.74, 6) is 0. The maximum Gasteiger partial charge on any atom is 0.187 e. The zero-order valence-electron chi connectivity index (χ0n) is 15.5. The van der Waals surface area contributed by atoms with Crippen LogP contribution in [0.3, 0.4) is 0 Å². The van der Waals surface area contributed by atoms with Crippen LogP contribution in [0.15, 0.2) is 0 Å². The first kappa shape index (κ1) is 24.7. The van der Waals surface area contributed by atoms with Crippen molar-refractivity contribution in [1.82, 2.24) is 5.23 Å². The average molecular weight is 430 g/mol. The molecule has 0 aliphatic carbocycles. The maximum atomic E-state index is 10.7. The smallest absolute Gasteiger partial charge is 0.187 e. The normalized spacial score (nSPS) is 44.8. The van der Waals surface area contributed by atoms with Gasteiger partial charge in [-0.3, -0.25) is 5.23 Å². The lowest BCUT2D eigenvalue weighted by Crippen LogP contribution is -2.65. The second kappa shape index (κ2) is 10.7. The SMILES string of the molecule is CC(CN([O-])O)OC1OC(CO)C(O)C(OC2OC(CO)C(O)C(O)C2O)C1O. The van der Waals surface area contributed by atoms with Crippen molar-refractivity contribution in [2.45, 2.75) is 74.4 Å².